The first-order valence-electron chi connectivity index (χ1n) is 8.39. The SMILES string of the molecule is CC(C)=CCCC(C)[C@H]1CCC(C)=CCC=C(C=O)[C@@H]1C=O. The van der Waals surface area contributed by atoms with Crippen LogP contribution in [0.3, 0.4) is 0 Å². The molecule has 3 atom stereocenters. The number of aldehydes is 2. The number of hydrogen-bond donors (Lipinski definition) is 0. The van der Waals surface area contributed by atoms with Crippen LogP contribution in [-0.4, -0.2) is 12.6 Å². The van der Waals surface area contributed by atoms with Crippen LogP contribution in [0.1, 0.15) is 59.8 Å². The number of rotatable bonds is 6. The fourth-order valence-electron chi connectivity index (χ4n) is 3.25. The molecular formula is C20H30O2. The number of carbonyl (C=O) groups excluding carboxylic acids is 2. The fraction of sp³-hybridized carbons (Fsp3) is 0.600. The average Bonchev–Trinajstić information content (AvgIpc) is 2.55. The van der Waals surface area contributed by atoms with Crippen molar-refractivity contribution in [3.05, 3.63) is 34.9 Å². The summed E-state index contributed by atoms with van der Waals surface area (Å²) in [6, 6.07) is 0. The van der Waals surface area contributed by atoms with E-state index in [9.17, 15) is 9.59 Å². The molecule has 22 heavy (non-hydrogen) atoms. The Morgan fingerprint density at radius 2 is 2.05 bits per heavy atom. The molecule has 0 spiro atoms. The largest absolute Gasteiger partial charge is 0.303 e. The molecule has 122 valence electrons. The average molecular weight is 302 g/mol. The highest BCUT2D eigenvalue weighted by molar-refractivity contribution is 5.81. The van der Waals surface area contributed by atoms with Crippen LogP contribution < -0.4 is 0 Å². The third-order valence-corrected chi connectivity index (χ3v) is 4.73. The zero-order chi connectivity index (χ0) is 16.5. The van der Waals surface area contributed by atoms with E-state index in [2.05, 4.69) is 39.8 Å². The summed E-state index contributed by atoms with van der Waals surface area (Å²) in [7, 11) is 0. The zero-order valence-corrected chi connectivity index (χ0v) is 14.5. The third-order valence-electron chi connectivity index (χ3n) is 4.73. The first-order chi connectivity index (χ1) is 10.5. The highest BCUT2D eigenvalue weighted by Crippen LogP contribution is 2.34. The Hall–Kier alpha value is -1.44. The van der Waals surface area contributed by atoms with Gasteiger partial charge in [-0.3, -0.25) is 4.79 Å². The van der Waals surface area contributed by atoms with Crippen molar-refractivity contribution in [1.82, 2.24) is 0 Å². The molecule has 0 N–H and O–H groups in total. The molecule has 0 amide bonds. The van der Waals surface area contributed by atoms with Crippen LogP contribution in [0, 0.1) is 17.8 Å². The Balaban J connectivity index is 2.93. The van der Waals surface area contributed by atoms with Crippen LogP contribution >= 0.6 is 0 Å². The molecule has 0 radical (unpaired) electrons. The fourth-order valence-corrected chi connectivity index (χ4v) is 3.25. The van der Waals surface area contributed by atoms with E-state index in [0.717, 1.165) is 44.7 Å². The van der Waals surface area contributed by atoms with Gasteiger partial charge in [-0.05, 0) is 70.3 Å². The van der Waals surface area contributed by atoms with Crippen molar-refractivity contribution >= 4 is 12.6 Å². The Bertz CT molecular complexity index is 464. The Kier molecular flexibility index (Phi) is 8.08. The highest BCUT2D eigenvalue weighted by atomic mass is 16.1. The Labute approximate surface area is 135 Å². The summed E-state index contributed by atoms with van der Waals surface area (Å²) in [6.45, 7) is 8.58. The smallest absolute Gasteiger partial charge is 0.146 e. The first kappa shape index (κ1) is 18.6. The summed E-state index contributed by atoms with van der Waals surface area (Å²) in [5, 5.41) is 0. The van der Waals surface area contributed by atoms with Gasteiger partial charge in [0.15, 0.2) is 0 Å². The molecule has 0 saturated heterocycles. The maximum atomic E-state index is 11.7. The lowest BCUT2D eigenvalue weighted by atomic mass is 9.75. The van der Waals surface area contributed by atoms with Crippen LogP contribution in [0.2, 0.25) is 0 Å². The maximum absolute atomic E-state index is 11.7. The summed E-state index contributed by atoms with van der Waals surface area (Å²) >= 11 is 0. The summed E-state index contributed by atoms with van der Waals surface area (Å²) in [5.74, 6) is 0.430. The molecule has 0 saturated carbocycles. The van der Waals surface area contributed by atoms with Gasteiger partial charge in [-0.25, -0.2) is 0 Å². The maximum Gasteiger partial charge on any atom is 0.146 e. The molecule has 0 aromatic heterocycles. The molecule has 0 aromatic rings. The molecular weight excluding hydrogens is 272 g/mol. The van der Waals surface area contributed by atoms with Crippen molar-refractivity contribution in [3.8, 4) is 0 Å². The minimum atomic E-state index is -0.251. The molecule has 0 heterocycles. The van der Waals surface area contributed by atoms with Gasteiger partial charge in [-0.15, -0.1) is 0 Å². The third kappa shape index (κ3) is 5.75. The molecule has 0 aliphatic heterocycles. The minimum Gasteiger partial charge on any atom is -0.303 e. The van der Waals surface area contributed by atoms with Crippen LogP contribution in [-0.2, 0) is 9.59 Å². The van der Waals surface area contributed by atoms with Gasteiger partial charge in [0.05, 0.1) is 0 Å². The summed E-state index contributed by atoms with van der Waals surface area (Å²) in [5.41, 5.74) is 3.36. The summed E-state index contributed by atoms with van der Waals surface area (Å²) in [4.78, 5) is 23.1. The van der Waals surface area contributed by atoms with E-state index in [1.54, 1.807) is 0 Å². The molecule has 1 aliphatic rings. The van der Waals surface area contributed by atoms with E-state index < -0.39 is 0 Å². The lowest BCUT2D eigenvalue weighted by Crippen LogP contribution is -2.25. The predicted octanol–water partition coefficient (Wildman–Crippen LogP) is 5.06. The molecule has 0 aromatic carbocycles. The van der Waals surface area contributed by atoms with Gasteiger partial charge in [-0.1, -0.05) is 36.3 Å². The van der Waals surface area contributed by atoms with Crippen LogP contribution in [0.25, 0.3) is 0 Å². The predicted molar refractivity (Wildman–Crippen MR) is 92.6 cm³/mol. The topological polar surface area (TPSA) is 34.1 Å². The van der Waals surface area contributed by atoms with Gasteiger partial charge < -0.3 is 4.79 Å². The van der Waals surface area contributed by atoms with Crippen molar-refractivity contribution < 1.29 is 9.59 Å². The van der Waals surface area contributed by atoms with Crippen molar-refractivity contribution in [3.63, 3.8) is 0 Å². The van der Waals surface area contributed by atoms with E-state index in [4.69, 9.17) is 0 Å². The van der Waals surface area contributed by atoms with Gasteiger partial charge in [0.2, 0.25) is 0 Å². The molecule has 1 rings (SSSR count). The monoisotopic (exact) mass is 302 g/mol. The normalized spacial score (nSPS) is 24.0. The van der Waals surface area contributed by atoms with Gasteiger partial charge in [-0.2, -0.15) is 0 Å². The summed E-state index contributed by atoms with van der Waals surface area (Å²) in [6.07, 6.45) is 13.1. The van der Waals surface area contributed by atoms with Crippen molar-refractivity contribution in [2.75, 3.05) is 0 Å². The van der Waals surface area contributed by atoms with Crippen LogP contribution in [0.15, 0.2) is 34.9 Å². The van der Waals surface area contributed by atoms with Gasteiger partial charge in [0.25, 0.3) is 0 Å². The number of allylic oxidation sites excluding steroid dienone is 6. The van der Waals surface area contributed by atoms with E-state index in [-0.39, 0.29) is 11.8 Å². The van der Waals surface area contributed by atoms with Crippen molar-refractivity contribution in [1.29, 1.82) is 0 Å². The number of hydrogen-bond acceptors (Lipinski definition) is 2. The molecule has 2 heteroatoms. The minimum absolute atomic E-state index is 0.251. The second-order valence-electron chi connectivity index (χ2n) is 6.81. The molecule has 0 bridgehead atoms. The van der Waals surface area contributed by atoms with Gasteiger partial charge >= 0.3 is 0 Å². The lowest BCUT2D eigenvalue weighted by molar-refractivity contribution is -0.114. The van der Waals surface area contributed by atoms with E-state index in [0.29, 0.717) is 11.5 Å². The summed E-state index contributed by atoms with van der Waals surface area (Å²) < 4.78 is 0. The van der Waals surface area contributed by atoms with Crippen LogP contribution in [0.4, 0.5) is 0 Å². The molecule has 1 aliphatic carbocycles. The van der Waals surface area contributed by atoms with Crippen molar-refractivity contribution in [2.45, 2.75) is 59.8 Å². The van der Waals surface area contributed by atoms with E-state index in [1.165, 1.54) is 11.1 Å². The molecule has 0 fully saturated rings. The Morgan fingerprint density at radius 3 is 2.64 bits per heavy atom. The molecule has 2 nitrogen and oxygen atoms in total. The zero-order valence-electron chi connectivity index (χ0n) is 14.5. The highest BCUT2D eigenvalue weighted by Gasteiger charge is 2.29. The van der Waals surface area contributed by atoms with E-state index >= 15 is 0 Å². The Morgan fingerprint density at radius 1 is 1.32 bits per heavy atom. The van der Waals surface area contributed by atoms with Crippen molar-refractivity contribution in [2.24, 2.45) is 17.8 Å². The number of carbonyl (C=O) groups is 2. The van der Waals surface area contributed by atoms with Crippen LogP contribution in [0.5, 0.6) is 0 Å². The lowest BCUT2D eigenvalue weighted by Gasteiger charge is -2.29. The van der Waals surface area contributed by atoms with Gasteiger partial charge in [0.1, 0.15) is 12.6 Å². The quantitative estimate of drug-likeness (QED) is 0.508. The van der Waals surface area contributed by atoms with E-state index in [1.807, 2.05) is 6.08 Å². The second kappa shape index (κ2) is 9.55. The molecule has 1 unspecified atom stereocenters. The first-order valence-corrected chi connectivity index (χ1v) is 8.39. The van der Waals surface area contributed by atoms with Gasteiger partial charge in [0, 0.05) is 5.92 Å². The standard InChI is InChI=1S/C20H30O2/c1-15(2)7-5-9-17(4)19-12-11-16(3)8-6-10-18(13-21)20(19)14-22/h7-8,10,13-14,17,19-20H,5-6,9,11-12H2,1-4H3/t17?,19-,20+/m1/s1. The second-order valence-corrected chi connectivity index (χ2v) is 6.81.